The number of esters is 1. The van der Waals surface area contributed by atoms with Crippen LogP contribution in [-0.4, -0.2) is 32.3 Å². The maximum absolute atomic E-state index is 12.4. The molecular formula is C20H18ClNO5S. The molecule has 3 aromatic rings. The quantitative estimate of drug-likeness (QED) is 0.510. The van der Waals surface area contributed by atoms with Crippen LogP contribution in [0.3, 0.4) is 0 Å². The number of thiazole rings is 1. The Morgan fingerprint density at radius 2 is 1.71 bits per heavy atom. The molecule has 2 aromatic carbocycles. The topological polar surface area (TPSA) is 66.9 Å². The molecule has 6 nitrogen and oxygen atoms in total. The van der Waals surface area contributed by atoms with Crippen LogP contribution in [0.15, 0.2) is 41.8 Å². The Labute approximate surface area is 171 Å². The van der Waals surface area contributed by atoms with E-state index in [0.717, 1.165) is 10.6 Å². The van der Waals surface area contributed by atoms with Crippen molar-refractivity contribution >= 4 is 28.9 Å². The second-order valence-corrected chi connectivity index (χ2v) is 6.93. The van der Waals surface area contributed by atoms with Crippen LogP contribution in [-0.2, 0) is 11.3 Å². The predicted molar refractivity (Wildman–Crippen MR) is 108 cm³/mol. The highest BCUT2D eigenvalue weighted by Crippen LogP contribution is 2.33. The molecule has 0 radical (unpaired) electrons. The van der Waals surface area contributed by atoms with Crippen LogP contribution < -0.4 is 14.2 Å². The molecule has 0 saturated carbocycles. The van der Waals surface area contributed by atoms with Crippen LogP contribution in [0.4, 0.5) is 0 Å². The van der Waals surface area contributed by atoms with Crippen molar-refractivity contribution in [2.75, 3.05) is 21.3 Å². The van der Waals surface area contributed by atoms with E-state index >= 15 is 0 Å². The fourth-order valence-corrected chi connectivity index (χ4v) is 3.51. The molecule has 146 valence electrons. The van der Waals surface area contributed by atoms with Crippen molar-refractivity contribution in [2.24, 2.45) is 0 Å². The molecule has 0 fully saturated rings. The van der Waals surface area contributed by atoms with E-state index in [1.54, 1.807) is 26.4 Å². The molecule has 0 aliphatic heterocycles. The highest BCUT2D eigenvalue weighted by Gasteiger charge is 2.16. The fourth-order valence-electron chi connectivity index (χ4n) is 2.53. The third-order valence-corrected chi connectivity index (χ3v) is 5.09. The maximum Gasteiger partial charge on any atom is 0.342 e. The van der Waals surface area contributed by atoms with E-state index in [2.05, 4.69) is 4.98 Å². The van der Waals surface area contributed by atoms with Gasteiger partial charge >= 0.3 is 5.97 Å². The zero-order valence-corrected chi connectivity index (χ0v) is 17.1. The Morgan fingerprint density at radius 3 is 2.43 bits per heavy atom. The van der Waals surface area contributed by atoms with Crippen LogP contribution in [0.2, 0.25) is 5.02 Å². The van der Waals surface area contributed by atoms with Crippen molar-refractivity contribution in [3.05, 3.63) is 58.1 Å². The lowest BCUT2D eigenvalue weighted by Gasteiger charge is -2.08. The number of ether oxygens (including phenoxy) is 4. The number of hydrogen-bond acceptors (Lipinski definition) is 7. The summed E-state index contributed by atoms with van der Waals surface area (Å²) in [5.41, 5.74) is 1.80. The number of nitrogens with zero attached hydrogens (tertiary/aromatic N) is 1. The minimum absolute atomic E-state index is 0.0400. The second-order valence-electron chi connectivity index (χ2n) is 5.63. The van der Waals surface area contributed by atoms with Gasteiger partial charge in [-0.25, -0.2) is 9.78 Å². The predicted octanol–water partition coefficient (Wildman–Crippen LogP) is 4.85. The Kier molecular flexibility index (Phi) is 6.38. The highest BCUT2D eigenvalue weighted by atomic mass is 35.5. The summed E-state index contributed by atoms with van der Waals surface area (Å²) in [7, 11) is 4.65. The van der Waals surface area contributed by atoms with Crippen molar-refractivity contribution in [3.8, 4) is 27.8 Å². The van der Waals surface area contributed by atoms with Crippen LogP contribution >= 0.6 is 22.9 Å². The maximum atomic E-state index is 12.4. The summed E-state index contributed by atoms with van der Waals surface area (Å²) >= 11 is 7.41. The standard InChI is InChI=1S/C20H18ClNO5S/c1-24-16-7-5-13(21)9-15(16)20(23)27-10-14-11-28-19(22-14)12-4-6-17(25-2)18(8-12)26-3/h4-9,11H,10H2,1-3H3. The van der Waals surface area contributed by atoms with Crippen molar-refractivity contribution < 1.29 is 23.7 Å². The summed E-state index contributed by atoms with van der Waals surface area (Å²) in [4.78, 5) is 16.9. The molecule has 0 unspecified atom stereocenters. The van der Waals surface area contributed by atoms with Gasteiger partial charge in [0.15, 0.2) is 11.5 Å². The first kappa shape index (κ1) is 20.0. The van der Waals surface area contributed by atoms with E-state index in [0.29, 0.717) is 28.0 Å². The minimum atomic E-state index is -0.528. The molecule has 3 rings (SSSR count). The minimum Gasteiger partial charge on any atom is -0.496 e. The van der Waals surface area contributed by atoms with E-state index in [9.17, 15) is 4.79 Å². The smallest absolute Gasteiger partial charge is 0.342 e. The molecule has 1 heterocycles. The van der Waals surface area contributed by atoms with Gasteiger partial charge in [-0.15, -0.1) is 11.3 Å². The van der Waals surface area contributed by atoms with E-state index in [-0.39, 0.29) is 12.2 Å². The first-order valence-corrected chi connectivity index (χ1v) is 9.49. The SMILES string of the molecule is COc1ccc(-c2nc(COC(=O)c3cc(Cl)ccc3OC)cs2)cc1OC. The van der Waals surface area contributed by atoms with Gasteiger partial charge in [-0.1, -0.05) is 11.6 Å². The summed E-state index contributed by atoms with van der Waals surface area (Å²) < 4.78 is 21.1. The van der Waals surface area contributed by atoms with E-state index in [1.807, 2.05) is 23.6 Å². The lowest BCUT2D eigenvalue weighted by molar-refractivity contribution is 0.0465. The third-order valence-electron chi connectivity index (χ3n) is 3.91. The number of benzene rings is 2. The Bertz CT molecular complexity index is 988. The van der Waals surface area contributed by atoms with Gasteiger partial charge in [0, 0.05) is 16.0 Å². The van der Waals surface area contributed by atoms with Gasteiger partial charge < -0.3 is 18.9 Å². The molecule has 0 aliphatic carbocycles. The average Bonchev–Trinajstić information content (AvgIpc) is 3.20. The monoisotopic (exact) mass is 419 g/mol. The van der Waals surface area contributed by atoms with Crippen molar-refractivity contribution in [3.63, 3.8) is 0 Å². The molecule has 0 atom stereocenters. The summed E-state index contributed by atoms with van der Waals surface area (Å²) in [6, 6.07) is 10.3. The van der Waals surface area contributed by atoms with E-state index in [4.69, 9.17) is 30.5 Å². The number of halogens is 1. The molecule has 0 amide bonds. The fraction of sp³-hybridized carbons (Fsp3) is 0.200. The number of aromatic nitrogens is 1. The molecule has 28 heavy (non-hydrogen) atoms. The molecular weight excluding hydrogens is 402 g/mol. The van der Waals surface area contributed by atoms with Gasteiger partial charge in [-0.05, 0) is 36.4 Å². The Morgan fingerprint density at radius 1 is 1.00 bits per heavy atom. The first-order valence-electron chi connectivity index (χ1n) is 8.23. The van der Waals surface area contributed by atoms with Gasteiger partial charge in [-0.3, -0.25) is 0 Å². The Balaban J connectivity index is 1.72. The van der Waals surface area contributed by atoms with Gasteiger partial charge in [0.2, 0.25) is 0 Å². The normalized spacial score (nSPS) is 10.4. The molecule has 1 aromatic heterocycles. The van der Waals surface area contributed by atoms with E-state index in [1.165, 1.54) is 24.5 Å². The van der Waals surface area contributed by atoms with Crippen LogP contribution in [0, 0.1) is 0 Å². The zero-order valence-electron chi connectivity index (χ0n) is 15.5. The van der Waals surface area contributed by atoms with Crippen molar-refractivity contribution in [1.29, 1.82) is 0 Å². The zero-order chi connectivity index (χ0) is 20.1. The number of carbonyl (C=O) groups excluding carboxylic acids is 1. The van der Waals surface area contributed by atoms with Gasteiger partial charge in [0.05, 0.1) is 27.0 Å². The molecule has 0 spiro atoms. The van der Waals surface area contributed by atoms with Gasteiger partial charge in [-0.2, -0.15) is 0 Å². The lowest BCUT2D eigenvalue weighted by atomic mass is 10.2. The third kappa shape index (κ3) is 4.37. The highest BCUT2D eigenvalue weighted by molar-refractivity contribution is 7.13. The van der Waals surface area contributed by atoms with Crippen molar-refractivity contribution in [1.82, 2.24) is 4.98 Å². The average molecular weight is 420 g/mol. The summed E-state index contributed by atoms with van der Waals surface area (Å²) in [5, 5.41) is 3.05. The first-order chi connectivity index (χ1) is 13.5. The number of rotatable bonds is 7. The largest absolute Gasteiger partial charge is 0.496 e. The van der Waals surface area contributed by atoms with Crippen LogP contribution in [0.1, 0.15) is 16.1 Å². The van der Waals surface area contributed by atoms with Gasteiger partial charge in [0.25, 0.3) is 0 Å². The van der Waals surface area contributed by atoms with Gasteiger partial charge in [0.1, 0.15) is 22.9 Å². The van der Waals surface area contributed by atoms with Crippen molar-refractivity contribution in [2.45, 2.75) is 6.61 Å². The second kappa shape index (κ2) is 8.95. The molecule has 0 bridgehead atoms. The number of methoxy groups -OCH3 is 3. The summed E-state index contributed by atoms with van der Waals surface area (Å²) in [6.07, 6.45) is 0. The molecule has 8 heteroatoms. The summed E-state index contributed by atoms with van der Waals surface area (Å²) in [5.74, 6) is 1.14. The summed E-state index contributed by atoms with van der Waals surface area (Å²) in [6.45, 7) is 0.0400. The molecule has 0 N–H and O–H groups in total. The lowest BCUT2D eigenvalue weighted by Crippen LogP contribution is -2.07. The number of hydrogen-bond donors (Lipinski definition) is 0. The molecule has 0 saturated heterocycles. The number of carbonyl (C=O) groups is 1. The van der Waals surface area contributed by atoms with Crippen LogP contribution in [0.25, 0.3) is 10.6 Å². The van der Waals surface area contributed by atoms with E-state index < -0.39 is 5.97 Å². The Hall–Kier alpha value is -2.77. The molecule has 0 aliphatic rings. The van der Waals surface area contributed by atoms with Crippen LogP contribution in [0.5, 0.6) is 17.2 Å².